The third-order valence-corrected chi connectivity index (χ3v) is 6.38. The lowest BCUT2D eigenvalue weighted by molar-refractivity contribution is -0.142. The van der Waals surface area contributed by atoms with Crippen molar-refractivity contribution >= 4 is 17.5 Å². The zero-order valence-electron chi connectivity index (χ0n) is 19.9. The minimum atomic E-state index is -1.17. The summed E-state index contributed by atoms with van der Waals surface area (Å²) in [6.07, 6.45) is 3.75. The summed E-state index contributed by atoms with van der Waals surface area (Å²) in [6.45, 7) is 2.03. The second-order valence-corrected chi connectivity index (χ2v) is 8.64. The molecule has 3 rings (SSSR count). The number of unbranched alkanes of at least 4 members (excludes halogenated alkanes) is 1. The van der Waals surface area contributed by atoms with Crippen molar-refractivity contribution in [1.82, 2.24) is 10.2 Å². The molecule has 2 amide bonds. The van der Waals surface area contributed by atoms with Gasteiger partial charge >= 0.3 is 0 Å². The largest absolute Gasteiger partial charge is 0.497 e. The summed E-state index contributed by atoms with van der Waals surface area (Å²) in [5.74, 6) is -0.0646. The normalized spacial score (nSPS) is 15.0. The van der Waals surface area contributed by atoms with E-state index in [1.807, 2.05) is 0 Å². The SMILES string of the molecule is CNC(=O)c1ccc(NCCCCC2CCN(C(=O)C(O)c3cccc(OC)c3)CC2)cc1F. The molecule has 1 aliphatic rings. The van der Waals surface area contributed by atoms with E-state index in [0.717, 1.165) is 38.6 Å². The number of methoxy groups -OCH3 is 1. The molecule has 2 aromatic rings. The van der Waals surface area contributed by atoms with Crippen molar-refractivity contribution in [2.24, 2.45) is 5.92 Å². The first-order chi connectivity index (χ1) is 16.4. The van der Waals surface area contributed by atoms with E-state index in [1.165, 1.54) is 19.2 Å². The van der Waals surface area contributed by atoms with E-state index in [-0.39, 0.29) is 11.5 Å². The van der Waals surface area contributed by atoms with Gasteiger partial charge in [-0.2, -0.15) is 0 Å². The first-order valence-corrected chi connectivity index (χ1v) is 11.8. The van der Waals surface area contributed by atoms with Crippen LogP contribution in [0.2, 0.25) is 0 Å². The second kappa shape index (κ2) is 12.4. The van der Waals surface area contributed by atoms with Crippen molar-refractivity contribution in [2.75, 3.05) is 39.1 Å². The van der Waals surface area contributed by atoms with Gasteiger partial charge in [0.2, 0.25) is 0 Å². The van der Waals surface area contributed by atoms with Crippen LogP contribution < -0.4 is 15.4 Å². The molecular formula is C26H34FN3O4. The molecule has 7 nitrogen and oxygen atoms in total. The van der Waals surface area contributed by atoms with Crippen LogP contribution in [0.4, 0.5) is 10.1 Å². The van der Waals surface area contributed by atoms with E-state index in [0.29, 0.717) is 36.0 Å². The predicted octanol–water partition coefficient (Wildman–Crippen LogP) is 3.75. The third kappa shape index (κ3) is 6.70. The van der Waals surface area contributed by atoms with Gasteiger partial charge in [-0.15, -0.1) is 0 Å². The first-order valence-electron chi connectivity index (χ1n) is 11.8. The molecule has 1 saturated heterocycles. The van der Waals surface area contributed by atoms with Crippen LogP contribution in [0.5, 0.6) is 5.75 Å². The van der Waals surface area contributed by atoms with Crippen LogP contribution in [-0.4, -0.2) is 55.6 Å². The van der Waals surface area contributed by atoms with Gasteiger partial charge in [0.25, 0.3) is 11.8 Å². The fourth-order valence-electron chi connectivity index (χ4n) is 4.30. The highest BCUT2D eigenvalue weighted by Crippen LogP contribution is 2.26. The van der Waals surface area contributed by atoms with Crippen molar-refractivity contribution in [1.29, 1.82) is 0 Å². The number of aliphatic hydroxyl groups is 1. The maximum atomic E-state index is 14.0. The molecule has 0 bridgehead atoms. The van der Waals surface area contributed by atoms with Crippen LogP contribution in [0.3, 0.4) is 0 Å². The van der Waals surface area contributed by atoms with Crippen molar-refractivity contribution in [3.63, 3.8) is 0 Å². The van der Waals surface area contributed by atoms with E-state index in [9.17, 15) is 19.1 Å². The molecule has 2 aromatic carbocycles. The molecule has 1 heterocycles. The molecule has 1 aliphatic heterocycles. The Kier molecular flexibility index (Phi) is 9.27. The predicted molar refractivity (Wildman–Crippen MR) is 129 cm³/mol. The number of ether oxygens (including phenoxy) is 1. The number of carbonyl (C=O) groups excluding carboxylic acids is 2. The zero-order valence-corrected chi connectivity index (χ0v) is 19.9. The average molecular weight is 472 g/mol. The first kappa shape index (κ1) is 25.5. The Hall–Kier alpha value is -3.13. The Morgan fingerprint density at radius 2 is 1.94 bits per heavy atom. The summed E-state index contributed by atoms with van der Waals surface area (Å²) >= 11 is 0. The number of nitrogens with one attached hydrogen (secondary N) is 2. The van der Waals surface area contributed by atoms with Crippen LogP contribution in [0.25, 0.3) is 0 Å². The van der Waals surface area contributed by atoms with Crippen molar-refractivity contribution in [3.8, 4) is 5.75 Å². The standard InChI is InChI=1S/C26H34FN3O4/c1-28-25(32)22-10-9-20(17-23(22)27)29-13-4-3-6-18-11-14-30(15-12-18)26(33)24(31)19-7-5-8-21(16-19)34-2/h5,7-10,16-18,24,29,31H,3-4,6,11-15H2,1-2H3,(H,28,32). The van der Waals surface area contributed by atoms with Gasteiger partial charge in [0.1, 0.15) is 11.6 Å². The van der Waals surface area contributed by atoms with Crippen molar-refractivity contribution < 1.29 is 23.8 Å². The van der Waals surface area contributed by atoms with Gasteiger partial charge in [0, 0.05) is 32.4 Å². The number of hydrogen-bond donors (Lipinski definition) is 3. The lowest BCUT2D eigenvalue weighted by Crippen LogP contribution is -2.41. The Morgan fingerprint density at radius 1 is 1.18 bits per heavy atom. The van der Waals surface area contributed by atoms with Gasteiger partial charge in [-0.25, -0.2) is 4.39 Å². The van der Waals surface area contributed by atoms with Gasteiger partial charge in [-0.1, -0.05) is 25.0 Å². The number of rotatable bonds is 10. The monoisotopic (exact) mass is 471 g/mol. The number of aliphatic hydroxyl groups excluding tert-OH is 1. The summed E-state index contributed by atoms with van der Waals surface area (Å²) in [4.78, 5) is 26.0. The Morgan fingerprint density at radius 3 is 2.62 bits per heavy atom. The van der Waals surface area contributed by atoms with Gasteiger partial charge in [0.15, 0.2) is 6.10 Å². The van der Waals surface area contributed by atoms with Crippen molar-refractivity contribution in [2.45, 2.75) is 38.2 Å². The summed E-state index contributed by atoms with van der Waals surface area (Å²) in [7, 11) is 3.03. The number of carbonyl (C=O) groups is 2. The second-order valence-electron chi connectivity index (χ2n) is 8.64. The van der Waals surface area contributed by atoms with Crippen LogP contribution in [0.15, 0.2) is 42.5 Å². The average Bonchev–Trinajstić information content (AvgIpc) is 2.87. The molecule has 0 saturated carbocycles. The lowest BCUT2D eigenvalue weighted by Gasteiger charge is -2.33. The van der Waals surface area contributed by atoms with Crippen LogP contribution in [0.1, 0.15) is 54.1 Å². The Balaban J connectivity index is 1.35. The Labute approximate surface area is 200 Å². The molecule has 34 heavy (non-hydrogen) atoms. The minimum absolute atomic E-state index is 0.0360. The molecule has 8 heteroatoms. The number of amides is 2. The van der Waals surface area contributed by atoms with E-state index in [4.69, 9.17) is 4.74 Å². The smallest absolute Gasteiger partial charge is 0.256 e. The van der Waals surface area contributed by atoms with Gasteiger partial charge in [0.05, 0.1) is 12.7 Å². The van der Waals surface area contributed by atoms with Crippen LogP contribution in [-0.2, 0) is 4.79 Å². The molecule has 3 N–H and O–H groups in total. The quantitative estimate of drug-likeness (QED) is 0.459. The topological polar surface area (TPSA) is 90.9 Å². The molecule has 1 fully saturated rings. The molecule has 1 atom stereocenters. The Bertz CT molecular complexity index is 976. The maximum Gasteiger partial charge on any atom is 0.256 e. The number of piperidine rings is 1. The molecule has 0 aliphatic carbocycles. The lowest BCUT2D eigenvalue weighted by atomic mass is 9.91. The van der Waals surface area contributed by atoms with Gasteiger partial charge < -0.3 is 25.4 Å². The molecule has 184 valence electrons. The number of likely N-dealkylation sites (tertiary alicyclic amines) is 1. The number of anilines is 1. The van der Waals surface area contributed by atoms with E-state index in [2.05, 4.69) is 10.6 Å². The zero-order chi connectivity index (χ0) is 24.5. The summed E-state index contributed by atoms with van der Waals surface area (Å²) < 4.78 is 19.2. The van der Waals surface area contributed by atoms with Crippen LogP contribution in [0, 0.1) is 11.7 Å². The van der Waals surface area contributed by atoms with Crippen LogP contribution >= 0.6 is 0 Å². The third-order valence-electron chi connectivity index (χ3n) is 6.38. The highest BCUT2D eigenvalue weighted by atomic mass is 19.1. The molecule has 1 unspecified atom stereocenters. The number of halogens is 1. The van der Waals surface area contributed by atoms with Gasteiger partial charge in [-0.05, 0) is 61.1 Å². The van der Waals surface area contributed by atoms with E-state index < -0.39 is 17.8 Å². The molecule has 0 aromatic heterocycles. The highest BCUT2D eigenvalue weighted by molar-refractivity contribution is 5.94. The fourth-order valence-corrected chi connectivity index (χ4v) is 4.30. The molecule has 0 radical (unpaired) electrons. The molecule has 0 spiro atoms. The number of hydrogen-bond acceptors (Lipinski definition) is 5. The number of nitrogens with zero attached hydrogens (tertiary/aromatic N) is 1. The van der Waals surface area contributed by atoms with Gasteiger partial charge in [-0.3, -0.25) is 9.59 Å². The summed E-state index contributed by atoms with van der Waals surface area (Å²) in [5, 5.41) is 16.1. The van der Waals surface area contributed by atoms with E-state index in [1.54, 1.807) is 42.3 Å². The fraction of sp³-hybridized carbons (Fsp3) is 0.462. The highest BCUT2D eigenvalue weighted by Gasteiger charge is 2.28. The molecular weight excluding hydrogens is 437 g/mol. The number of benzene rings is 2. The summed E-state index contributed by atoms with van der Waals surface area (Å²) in [5.41, 5.74) is 1.24. The maximum absolute atomic E-state index is 14.0. The van der Waals surface area contributed by atoms with E-state index >= 15 is 0 Å². The summed E-state index contributed by atoms with van der Waals surface area (Å²) in [6, 6.07) is 11.5. The minimum Gasteiger partial charge on any atom is -0.497 e. The van der Waals surface area contributed by atoms with Crippen molar-refractivity contribution in [3.05, 3.63) is 59.4 Å².